The maximum Gasteiger partial charge on any atom is 0.143 e. The van der Waals surface area contributed by atoms with Gasteiger partial charge in [-0.25, -0.2) is 0 Å². The van der Waals surface area contributed by atoms with Gasteiger partial charge in [0, 0.05) is 44.2 Å². The van der Waals surface area contributed by atoms with Crippen LogP contribution in [-0.2, 0) is 16.2 Å². The lowest BCUT2D eigenvalue weighted by molar-refractivity contribution is 0.668. The maximum absolute atomic E-state index is 7.10. The first kappa shape index (κ1) is 53.1. The second-order valence-electron chi connectivity index (χ2n) is 27.2. The molecule has 0 saturated carbocycles. The fourth-order valence-electron chi connectivity index (χ4n) is 19.2. The summed E-state index contributed by atoms with van der Waals surface area (Å²) in [6.45, 7) is 2.19. The molecule has 2 spiro atoms. The zero-order chi connectivity index (χ0) is 63.5. The highest BCUT2D eigenvalue weighted by Crippen LogP contribution is 2.70. The number of hydrogen-bond donors (Lipinski definition) is 0. The zero-order valence-electron chi connectivity index (χ0n) is 52.9. The molecule has 22 rings (SSSR count). The quantitative estimate of drug-likeness (QED) is 0.166. The van der Waals surface area contributed by atoms with Gasteiger partial charge in [-0.15, -0.1) is 0 Å². The van der Waals surface area contributed by atoms with Crippen LogP contribution in [0, 0.1) is 6.92 Å². The molecule has 3 nitrogen and oxygen atoms in total. The van der Waals surface area contributed by atoms with Gasteiger partial charge in [-0.2, -0.15) is 0 Å². The molecular formula is C94H57NO2. The number of nitrogens with zero attached hydrogens (tertiary/aromatic N) is 1. The first-order chi connectivity index (χ1) is 48.0. The molecule has 2 heterocycles. The van der Waals surface area contributed by atoms with Crippen molar-refractivity contribution in [2.75, 3.05) is 4.90 Å². The van der Waals surface area contributed by atoms with Crippen molar-refractivity contribution in [2.45, 2.75) is 23.2 Å². The van der Waals surface area contributed by atoms with Crippen LogP contribution in [0.15, 0.2) is 336 Å². The molecule has 0 N–H and O–H groups in total. The van der Waals surface area contributed by atoms with Crippen LogP contribution in [0.3, 0.4) is 0 Å². The van der Waals surface area contributed by atoms with E-state index >= 15 is 0 Å². The largest absolute Gasteiger partial charge is 0.456 e. The predicted octanol–water partition coefficient (Wildman–Crippen LogP) is 24.0. The third-order valence-corrected chi connectivity index (χ3v) is 22.8. The number of furan rings is 2. The highest BCUT2D eigenvalue weighted by molar-refractivity contribution is 6.20. The molecular weight excluding hydrogens is 1180 g/mol. The van der Waals surface area contributed by atoms with E-state index in [4.69, 9.17) is 8.83 Å². The molecule has 0 unspecified atom stereocenters. The minimum absolute atomic E-state index is 0.607. The molecule has 17 aromatic rings. The number of fused-ring (bicyclic) bond motifs is 31. The molecule has 0 atom stereocenters. The van der Waals surface area contributed by atoms with E-state index in [0.717, 1.165) is 66.7 Å². The minimum atomic E-state index is -0.760. The summed E-state index contributed by atoms with van der Waals surface area (Å²) in [6, 6.07) is 124. The van der Waals surface area contributed by atoms with Gasteiger partial charge in [-0.05, 0) is 208 Å². The van der Waals surface area contributed by atoms with Crippen molar-refractivity contribution in [3.05, 3.63) is 400 Å². The van der Waals surface area contributed by atoms with E-state index in [1.54, 1.807) is 0 Å². The van der Waals surface area contributed by atoms with Gasteiger partial charge in [0.1, 0.15) is 22.3 Å². The molecule has 3 heteroatoms. The summed E-state index contributed by atoms with van der Waals surface area (Å²) >= 11 is 0. The third-order valence-electron chi connectivity index (χ3n) is 22.8. The number of benzene rings is 15. The smallest absolute Gasteiger partial charge is 0.143 e. The van der Waals surface area contributed by atoms with Crippen molar-refractivity contribution >= 4 is 60.9 Å². The SMILES string of the molecule is Cc1ccc(N(c2ccc3c(c2)C(c2ccccc2)(c2ccccc2)c2cc(-c4ccccc4)c4oc5ccccc5c4c2-3)c2ccc3c(c2)C2(c4ccccc4-c4ccccc42)c2cc4c(cc2-3)C2(c3ccccc3-c3ccccc32)c2ccc3oc5ccccc5c3c2-4)cc1. The van der Waals surface area contributed by atoms with Crippen LogP contribution in [0.1, 0.15) is 72.3 Å². The Morgan fingerprint density at radius 1 is 0.247 bits per heavy atom. The lowest BCUT2D eigenvalue weighted by Gasteiger charge is -2.35. The Balaban J connectivity index is 0.833. The number of anilines is 3. The van der Waals surface area contributed by atoms with Crippen molar-refractivity contribution in [1.82, 2.24) is 0 Å². The van der Waals surface area contributed by atoms with E-state index in [9.17, 15) is 0 Å². The number of hydrogen-bond acceptors (Lipinski definition) is 3. The molecule has 0 aliphatic heterocycles. The van der Waals surface area contributed by atoms with E-state index < -0.39 is 16.2 Å². The zero-order valence-corrected chi connectivity index (χ0v) is 52.9. The maximum atomic E-state index is 7.10. The van der Waals surface area contributed by atoms with Crippen molar-refractivity contribution < 1.29 is 8.83 Å². The summed E-state index contributed by atoms with van der Waals surface area (Å²) in [5.74, 6) is 0. The summed E-state index contributed by atoms with van der Waals surface area (Å²) < 4.78 is 14.0. The summed E-state index contributed by atoms with van der Waals surface area (Å²) in [7, 11) is 0. The summed E-state index contributed by atoms with van der Waals surface area (Å²) in [5, 5.41) is 4.54. The van der Waals surface area contributed by atoms with Gasteiger partial charge < -0.3 is 13.7 Å². The Bertz CT molecular complexity index is 6140. The molecule has 0 bridgehead atoms. The van der Waals surface area contributed by atoms with Crippen LogP contribution in [0.4, 0.5) is 17.1 Å². The normalized spacial score (nSPS) is 14.5. The third kappa shape index (κ3) is 6.61. The Kier molecular flexibility index (Phi) is 10.5. The molecule has 15 aromatic carbocycles. The second-order valence-corrected chi connectivity index (χ2v) is 27.2. The first-order valence-electron chi connectivity index (χ1n) is 33.9. The average Bonchev–Trinajstić information content (AvgIpc) is 1.50. The summed E-state index contributed by atoms with van der Waals surface area (Å²) in [4.78, 5) is 2.53. The van der Waals surface area contributed by atoms with E-state index in [1.165, 1.54) is 133 Å². The van der Waals surface area contributed by atoms with Crippen LogP contribution in [0.25, 0.3) is 111 Å². The molecule has 0 radical (unpaired) electrons. The summed E-state index contributed by atoms with van der Waals surface area (Å²) in [6.07, 6.45) is 0. The Hall–Kier alpha value is -12.3. The van der Waals surface area contributed by atoms with E-state index in [-0.39, 0.29) is 0 Å². The van der Waals surface area contributed by atoms with Crippen LogP contribution in [-0.4, -0.2) is 0 Å². The van der Waals surface area contributed by atoms with Crippen molar-refractivity contribution in [3.63, 3.8) is 0 Å². The Morgan fingerprint density at radius 3 is 1.27 bits per heavy atom. The fraction of sp³-hybridized carbons (Fsp3) is 0.0426. The van der Waals surface area contributed by atoms with Gasteiger partial charge in [0.05, 0.1) is 16.2 Å². The number of aryl methyl sites for hydroxylation is 1. The highest BCUT2D eigenvalue weighted by Gasteiger charge is 2.57. The van der Waals surface area contributed by atoms with Gasteiger partial charge in [-0.1, -0.05) is 260 Å². The molecule has 5 aliphatic rings. The van der Waals surface area contributed by atoms with Gasteiger partial charge in [0.25, 0.3) is 0 Å². The lowest BCUT2D eigenvalue weighted by atomic mass is 9.67. The Labute approximate surface area is 561 Å². The van der Waals surface area contributed by atoms with E-state index in [1.807, 2.05) is 0 Å². The molecule has 5 aliphatic carbocycles. The molecule has 0 amide bonds. The van der Waals surface area contributed by atoms with E-state index in [2.05, 4.69) is 339 Å². The lowest BCUT2D eigenvalue weighted by Crippen LogP contribution is -2.29. The minimum Gasteiger partial charge on any atom is -0.456 e. The molecule has 2 aromatic heterocycles. The average molecular weight is 1230 g/mol. The van der Waals surface area contributed by atoms with E-state index in [0.29, 0.717) is 0 Å². The Morgan fingerprint density at radius 2 is 0.670 bits per heavy atom. The van der Waals surface area contributed by atoms with Gasteiger partial charge in [0.2, 0.25) is 0 Å². The van der Waals surface area contributed by atoms with Crippen LogP contribution >= 0.6 is 0 Å². The highest BCUT2D eigenvalue weighted by atomic mass is 16.3. The van der Waals surface area contributed by atoms with Crippen LogP contribution in [0.2, 0.25) is 0 Å². The van der Waals surface area contributed by atoms with Crippen molar-refractivity contribution in [2.24, 2.45) is 0 Å². The monoisotopic (exact) mass is 1230 g/mol. The molecule has 0 saturated heterocycles. The van der Waals surface area contributed by atoms with Gasteiger partial charge in [0.15, 0.2) is 0 Å². The standard InChI is InChI=1S/C94H57NO2/c1-56-41-43-60(44-42-56)95(62-46-48-68-80(52-62)92(58-25-7-3-8-26-58,59-27-9-4-10-28-59)83-53-71(57-23-5-2-6-24-57)91-90(87(68)83)70-34-16-22-40-85(70)97-91)61-45-47-67-72-54-82-73(55-81(72)94(79(67)51-61)76-37-19-13-31-65(76)66-32-14-20-38-77(66)94)88-78(49-50-86-89(88)69-33-15-21-39-84(69)96-86)93(82)74-35-17-11-29-63(74)64-30-12-18-36-75(64)93/h2-55H,1H3. The van der Waals surface area contributed by atoms with Crippen LogP contribution in [0.5, 0.6) is 0 Å². The number of rotatable bonds is 6. The fourth-order valence-corrected chi connectivity index (χ4v) is 19.2. The second kappa shape index (κ2) is 19.2. The summed E-state index contributed by atoms with van der Waals surface area (Å²) in [5.41, 5.74) is 35.8. The molecule has 97 heavy (non-hydrogen) atoms. The van der Waals surface area contributed by atoms with Gasteiger partial charge >= 0.3 is 0 Å². The van der Waals surface area contributed by atoms with Crippen molar-refractivity contribution in [1.29, 1.82) is 0 Å². The van der Waals surface area contributed by atoms with Crippen molar-refractivity contribution in [3.8, 4) is 66.8 Å². The molecule has 0 fully saturated rings. The number of para-hydroxylation sites is 2. The topological polar surface area (TPSA) is 29.5 Å². The molecule has 450 valence electrons. The van der Waals surface area contributed by atoms with Gasteiger partial charge in [-0.3, -0.25) is 0 Å². The predicted molar refractivity (Wildman–Crippen MR) is 396 cm³/mol. The van der Waals surface area contributed by atoms with Crippen LogP contribution < -0.4 is 4.90 Å². The first-order valence-corrected chi connectivity index (χ1v) is 33.9.